The molecule has 0 radical (unpaired) electrons. The van der Waals surface area contributed by atoms with Crippen LogP contribution >= 0.6 is 11.3 Å². The zero-order valence-electron chi connectivity index (χ0n) is 14.3. The Kier molecular flexibility index (Phi) is 5.62. The van der Waals surface area contributed by atoms with Gasteiger partial charge >= 0.3 is 5.97 Å². The Morgan fingerprint density at radius 2 is 2.19 bits per heavy atom. The van der Waals surface area contributed by atoms with Crippen LogP contribution in [0.3, 0.4) is 0 Å². The Labute approximate surface area is 154 Å². The van der Waals surface area contributed by atoms with E-state index in [0.717, 1.165) is 6.42 Å². The number of benzene rings is 1. The molecule has 7 nitrogen and oxygen atoms in total. The second-order valence-electron chi connectivity index (χ2n) is 5.76. The quantitative estimate of drug-likeness (QED) is 0.546. The lowest BCUT2D eigenvalue weighted by Crippen LogP contribution is -2.23. The van der Waals surface area contributed by atoms with Gasteiger partial charge in [0.15, 0.2) is 17.5 Å². The molecule has 1 aliphatic heterocycles. The minimum atomic E-state index is -0.536. The second kappa shape index (κ2) is 8.09. The molecule has 1 aromatic carbocycles. The summed E-state index contributed by atoms with van der Waals surface area (Å²) in [6.45, 7) is 0.318. The number of carbonyl (C=O) groups excluding carboxylic acids is 3. The van der Waals surface area contributed by atoms with Gasteiger partial charge in [0.1, 0.15) is 5.75 Å². The van der Waals surface area contributed by atoms with Crippen LogP contribution in [-0.4, -0.2) is 42.9 Å². The number of ketones is 1. The SMILES string of the molecule is COc1cccc(C(=O)COC(=O)Cc2csc(N3CCCC3=O)n2)c1. The third-order valence-electron chi connectivity index (χ3n) is 3.93. The lowest BCUT2D eigenvalue weighted by Gasteiger charge is -2.10. The number of esters is 1. The van der Waals surface area contributed by atoms with Gasteiger partial charge in [-0.3, -0.25) is 19.3 Å². The third-order valence-corrected chi connectivity index (χ3v) is 4.84. The van der Waals surface area contributed by atoms with Crippen LogP contribution < -0.4 is 9.64 Å². The van der Waals surface area contributed by atoms with Crippen molar-refractivity contribution in [2.24, 2.45) is 0 Å². The van der Waals surface area contributed by atoms with Crippen LogP contribution in [0.2, 0.25) is 0 Å². The van der Waals surface area contributed by atoms with E-state index in [1.165, 1.54) is 18.4 Å². The lowest BCUT2D eigenvalue weighted by atomic mass is 10.1. The Hall–Kier alpha value is -2.74. The van der Waals surface area contributed by atoms with Crippen molar-refractivity contribution >= 4 is 34.1 Å². The first-order valence-corrected chi connectivity index (χ1v) is 9.02. The molecular weight excluding hydrogens is 356 g/mol. The number of nitrogens with zero attached hydrogens (tertiary/aromatic N) is 2. The van der Waals surface area contributed by atoms with E-state index >= 15 is 0 Å². The Morgan fingerprint density at radius 3 is 2.92 bits per heavy atom. The van der Waals surface area contributed by atoms with Gasteiger partial charge in [-0.1, -0.05) is 12.1 Å². The molecule has 0 unspecified atom stereocenters. The first-order chi connectivity index (χ1) is 12.6. The maximum atomic E-state index is 12.1. The van der Waals surface area contributed by atoms with Crippen LogP contribution in [-0.2, 0) is 20.7 Å². The van der Waals surface area contributed by atoms with Gasteiger partial charge in [0, 0.05) is 23.9 Å². The fourth-order valence-electron chi connectivity index (χ4n) is 2.58. The van der Waals surface area contributed by atoms with Crippen molar-refractivity contribution in [1.29, 1.82) is 0 Å². The summed E-state index contributed by atoms with van der Waals surface area (Å²) in [6.07, 6.45) is 1.31. The highest BCUT2D eigenvalue weighted by atomic mass is 32.1. The van der Waals surface area contributed by atoms with E-state index < -0.39 is 5.97 Å². The molecule has 0 aliphatic carbocycles. The van der Waals surface area contributed by atoms with E-state index in [1.807, 2.05) is 0 Å². The van der Waals surface area contributed by atoms with Gasteiger partial charge in [-0.05, 0) is 18.6 Å². The number of hydrogen-bond acceptors (Lipinski definition) is 7. The highest BCUT2D eigenvalue weighted by Gasteiger charge is 2.24. The van der Waals surface area contributed by atoms with Crippen molar-refractivity contribution in [1.82, 2.24) is 4.98 Å². The van der Waals surface area contributed by atoms with Gasteiger partial charge in [-0.2, -0.15) is 0 Å². The number of carbonyl (C=O) groups is 3. The van der Waals surface area contributed by atoms with Crippen LogP contribution in [0.1, 0.15) is 28.9 Å². The predicted octanol–water partition coefficient (Wildman–Crippen LogP) is 2.25. The van der Waals surface area contributed by atoms with Crippen LogP contribution in [0, 0.1) is 0 Å². The number of rotatable bonds is 7. The van der Waals surface area contributed by atoms with Gasteiger partial charge in [-0.15, -0.1) is 11.3 Å². The zero-order valence-corrected chi connectivity index (χ0v) is 15.1. The summed E-state index contributed by atoms with van der Waals surface area (Å²) in [5.41, 5.74) is 0.948. The molecule has 8 heteroatoms. The number of ether oxygens (including phenoxy) is 2. The average molecular weight is 374 g/mol. The predicted molar refractivity (Wildman–Crippen MR) is 95.7 cm³/mol. The summed E-state index contributed by atoms with van der Waals surface area (Å²) in [6, 6.07) is 6.66. The average Bonchev–Trinajstić information content (AvgIpc) is 3.28. The second-order valence-corrected chi connectivity index (χ2v) is 6.60. The molecule has 2 aromatic rings. The van der Waals surface area contributed by atoms with Crippen LogP contribution in [0.25, 0.3) is 0 Å². The molecule has 1 amide bonds. The van der Waals surface area contributed by atoms with Crippen molar-refractivity contribution in [3.05, 3.63) is 40.9 Å². The van der Waals surface area contributed by atoms with E-state index in [1.54, 1.807) is 34.5 Å². The van der Waals surface area contributed by atoms with Crippen molar-refractivity contribution in [2.75, 3.05) is 25.2 Å². The Bertz CT molecular complexity index is 832. The molecular formula is C18H18N2O5S. The first-order valence-electron chi connectivity index (χ1n) is 8.14. The van der Waals surface area contributed by atoms with Gasteiger partial charge < -0.3 is 9.47 Å². The summed E-state index contributed by atoms with van der Waals surface area (Å²) in [5, 5.41) is 2.33. The largest absolute Gasteiger partial charge is 0.497 e. The van der Waals surface area contributed by atoms with E-state index in [4.69, 9.17) is 9.47 Å². The number of aromatic nitrogens is 1. The smallest absolute Gasteiger partial charge is 0.312 e. The molecule has 0 atom stereocenters. The summed E-state index contributed by atoms with van der Waals surface area (Å²) < 4.78 is 10.1. The van der Waals surface area contributed by atoms with E-state index in [0.29, 0.717) is 35.1 Å². The summed E-state index contributed by atoms with van der Waals surface area (Å²) >= 11 is 1.32. The van der Waals surface area contributed by atoms with Crippen molar-refractivity contribution in [3.8, 4) is 5.75 Å². The van der Waals surface area contributed by atoms with E-state index in [9.17, 15) is 14.4 Å². The summed E-state index contributed by atoms with van der Waals surface area (Å²) in [5.74, 6) is -0.226. The normalized spacial score (nSPS) is 13.7. The van der Waals surface area contributed by atoms with Crippen LogP contribution in [0.4, 0.5) is 5.13 Å². The fraction of sp³-hybridized carbons (Fsp3) is 0.333. The Morgan fingerprint density at radius 1 is 1.35 bits per heavy atom. The standard InChI is InChI=1S/C18H18N2O5S/c1-24-14-5-2-4-12(8-14)15(21)10-25-17(23)9-13-11-26-18(19-13)20-7-3-6-16(20)22/h2,4-5,8,11H,3,6-7,9-10H2,1H3. The molecule has 0 spiro atoms. The van der Waals surface area contributed by atoms with Crippen LogP contribution in [0.5, 0.6) is 5.75 Å². The molecule has 136 valence electrons. The molecule has 1 aromatic heterocycles. The molecule has 2 heterocycles. The van der Waals surface area contributed by atoms with E-state index in [-0.39, 0.29) is 24.7 Å². The molecule has 1 aliphatic rings. The molecule has 26 heavy (non-hydrogen) atoms. The third kappa shape index (κ3) is 4.26. The maximum Gasteiger partial charge on any atom is 0.312 e. The minimum absolute atomic E-state index is 0.0378. The molecule has 0 saturated carbocycles. The first kappa shape index (κ1) is 18.1. The number of thiazole rings is 1. The highest BCUT2D eigenvalue weighted by Crippen LogP contribution is 2.25. The molecule has 0 bridgehead atoms. The summed E-state index contributed by atoms with van der Waals surface area (Å²) in [4.78, 5) is 41.7. The lowest BCUT2D eigenvalue weighted by molar-refractivity contribution is -0.141. The zero-order chi connectivity index (χ0) is 18.5. The fourth-order valence-corrected chi connectivity index (χ4v) is 3.44. The monoisotopic (exact) mass is 374 g/mol. The number of methoxy groups -OCH3 is 1. The molecule has 3 rings (SSSR count). The van der Waals surface area contributed by atoms with Crippen molar-refractivity contribution in [3.63, 3.8) is 0 Å². The minimum Gasteiger partial charge on any atom is -0.497 e. The van der Waals surface area contributed by atoms with Gasteiger partial charge in [-0.25, -0.2) is 4.98 Å². The number of hydrogen-bond donors (Lipinski definition) is 0. The van der Waals surface area contributed by atoms with Crippen molar-refractivity contribution in [2.45, 2.75) is 19.3 Å². The molecule has 0 N–H and O–H groups in total. The molecule has 1 saturated heterocycles. The number of anilines is 1. The van der Waals surface area contributed by atoms with Crippen molar-refractivity contribution < 1.29 is 23.9 Å². The topological polar surface area (TPSA) is 85.8 Å². The van der Waals surface area contributed by atoms with Gasteiger partial charge in [0.05, 0.1) is 19.2 Å². The highest BCUT2D eigenvalue weighted by molar-refractivity contribution is 7.14. The maximum absolute atomic E-state index is 12.1. The molecule has 1 fully saturated rings. The Balaban J connectivity index is 1.52. The van der Waals surface area contributed by atoms with Crippen LogP contribution in [0.15, 0.2) is 29.6 Å². The van der Waals surface area contributed by atoms with Gasteiger partial charge in [0.25, 0.3) is 0 Å². The number of Topliss-reactive ketones (excluding diaryl/α,β-unsaturated/α-hetero) is 1. The van der Waals surface area contributed by atoms with Gasteiger partial charge in [0.2, 0.25) is 5.91 Å². The van der Waals surface area contributed by atoms with E-state index in [2.05, 4.69) is 4.98 Å². The summed E-state index contributed by atoms with van der Waals surface area (Å²) in [7, 11) is 1.52. The number of amides is 1.